The number of rotatable bonds is 4. The van der Waals surface area contributed by atoms with Crippen LogP contribution in [-0.4, -0.2) is 29.1 Å². The standard InChI is InChI=1S/C21H23N3O2S/c1-2-26-18-12-5-3-9-15(18)23-21(25)24-14-8-7-11-17(24)20-22-16-10-4-6-13-19(16)27-20/h3-6,9-10,12-13,17H,2,7-8,11,14H2,1H3,(H,23,25). The quantitative estimate of drug-likeness (QED) is 0.653. The van der Waals surface area contributed by atoms with Gasteiger partial charge in [-0.25, -0.2) is 9.78 Å². The molecule has 1 aliphatic rings. The Labute approximate surface area is 163 Å². The smallest absolute Gasteiger partial charge is 0.322 e. The fraction of sp³-hybridized carbons (Fsp3) is 0.333. The average molecular weight is 382 g/mol. The van der Waals surface area contributed by atoms with Crippen LogP contribution in [0.25, 0.3) is 10.2 Å². The lowest BCUT2D eigenvalue weighted by atomic mass is 10.0. The van der Waals surface area contributed by atoms with Gasteiger partial charge in [0.2, 0.25) is 0 Å². The van der Waals surface area contributed by atoms with Crippen LogP contribution in [0.5, 0.6) is 5.75 Å². The molecule has 0 radical (unpaired) electrons. The Morgan fingerprint density at radius 3 is 2.89 bits per heavy atom. The minimum absolute atomic E-state index is 0.0235. The number of aromatic nitrogens is 1. The second kappa shape index (κ2) is 7.96. The predicted molar refractivity (Wildman–Crippen MR) is 110 cm³/mol. The Bertz CT molecular complexity index is 907. The largest absolute Gasteiger partial charge is 0.492 e. The maximum Gasteiger partial charge on any atom is 0.322 e. The first-order chi connectivity index (χ1) is 13.3. The van der Waals surface area contributed by atoms with Gasteiger partial charge in [-0.05, 0) is 50.5 Å². The number of nitrogens with one attached hydrogen (secondary N) is 1. The van der Waals surface area contributed by atoms with Crippen molar-refractivity contribution in [3.05, 3.63) is 53.5 Å². The Morgan fingerprint density at radius 2 is 2.04 bits per heavy atom. The van der Waals surface area contributed by atoms with Gasteiger partial charge in [0.25, 0.3) is 0 Å². The van der Waals surface area contributed by atoms with E-state index in [9.17, 15) is 4.79 Å². The van der Waals surface area contributed by atoms with Crippen molar-refractivity contribution in [2.24, 2.45) is 0 Å². The van der Waals surface area contributed by atoms with Crippen LogP contribution in [0.1, 0.15) is 37.2 Å². The Kier molecular flexibility index (Phi) is 5.25. The van der Waals surface area contributed by atoms with E-state index in [0.717, 1.165) is 36.3 Å². The van der Waals surface area contributed by atoms with Crippen molar-refractivity contribution >= 4 is 33.3 Å². The summed E-state index contributed by atoms with van der Waals surface area (Å²) in [6.45, 7) is 3.24. The number of urea groups is 1. The molecule has 6 heteroatoms. The molecule has 27 heavy (non-hydrogen) atoms. The van der Waals surface area contributed by atoms with E-state index in [1.807, 2.05) is 54.3 Å². The van der Waals surface area contributed by atoms with Crippen LogP contribution in [-0.2, 0) is 0 Å². The van der Waals surface area contributed by atoms with Crippen molar-refractivity contribution in [1.82, 2.24) is 9.88 Å². The highest BCUT2D eigenvalue weighted by molar-refractivity contribution is 7.18. The SMILES string of the molecule is CCOc1ccccc1NC(=O)N1CCCCC1c1nc2ccccc2s1. The van der Waals surface area contributed by atoms with E-state index in [1.165, 1.54) is 4.70 Å². The van der Waals surface area contributed by atoms with Crippen molar-refractivity contribution in [1.29, 1.82) is 0 Å². The molecule has 140 valence electrons. The third kappa shape index (κ3) is 3.76. The molecule has 2 amide bonds. The summed E-state index contributed by atoms with van der Waals surface area (Å²) in [4.78, 5) is 19.8. The molecule has 2 heterocycles. The van der Waals surface area contributed by atoms with Gasteiger partial charge in [-0.2, -0.15) is 0 Å². The molecular formula is C21H23N3O2S. The monoisotopic (exact) mass is 381 g/mol. The Balaban J connectivity index is 1.58. The van der Waals surface area contributed by atoms with Crippen LogP contribution in [0.2, 0.25) is 0 Å². The number of carbonyl (C=O) groups excluding carboxylic acids is 1. The zero-order valence-electron chi connectivity index (χ0n) is 15.4. The number of carbonyl (C=O) groups is 1. The van der Waals surface area contributed by atoms with Gasteiger partial charge in [-0.15, -0.1) is 11.3 Å². The number of ether oxygens (including phenoxy) is 1. The van der Waals surface area contributed by atoms with Gasteiger partial charge >= 0.3 is 6.03 Å². The summed E-state index contributed by atoms with van der Waals surface area (Å²) in [6.07, 6.45) is 3.07. The Morgan fingerprint density at radius 1 is 1.22 bits per heavy atom. The molecule has 0 spiro atoms. The number of hydrogen-bond donors (Lipinski definition) is 1. The second-order valence-corrected chi connectivity index (χ2v) is 7.65. The molecule has 1 fully saturated rings. The van der Waals surface area contributed by atoms with Crippen molar-refractivity contribution in [3.63, 3.8) is 0 Å². The number of nitrogens with zero attached hydrogens (tertiary/aromatic N) is 2. The van der Waals surface area contributed by atoms with E-state index in [-0.39, 0.29) is 12.1 Å². The number of fused-ring (bicyclic) bond motifs is 1. The van der Waals surface area contributed by atoms with Crippen molar-refractivity contribution < 1.29 is 9.53 Å². The molecule has 4 rings (SSSR count). The molecule has 1 saturated heterocycles. The molecule has 0 saturated carbocycles. The fourth-order valence-electron chi connectivity index (χ4n) is 3.50. The van der Waals surface area contributed by atoms with Crippen molar-refractivity contribution in [2.45, 2.75) is 32.2 Å². The number of anilines is 1. The van der Waals surface area contributed by atoms with Crippen LogP contribution in [0, 0.1) is 0 Å². The normalized spacial score (nSPS) is 17.1. The number of hydrogen-bond acceptors (Lipinski definition) is 4. The van der Waals surface area contributed by atoms with Gasteiger partial charge < -0.3 is 15.0 Å². The lowest BCUT2D eigenvalue weighted by molar-refractivity contribution is 0.163. The highest BCUT2D eigenvalue weighted by atomic mass is 32.1. The number of piperidine rings is 1. The zero-order chi connectivity index (χ0) is 18.6. The number of likely N-dealkylation sites (tertiary alicyclic amines) is 1. The molecule has 0 aliphatic carbocycles. The number of thiazole rings is 1. The van der Waals surface area contributed by atoms with Gasteiger partial charge in [0.1, 0.15) is 10.8 Å². The summed E-state index contributed by atoms with van der Waals surface area (Å²) < 4.78 is 6.80. The summed E-state index contributed by atoms with van der Waals surface area (Å²) in [6, 6.07) is 15.6. The van der Waals surface area contributed by atoms with Gasteiger partial charge in [-0.1, -0.05) is 24.3 Å². The lowest BCUT2D eigenvalue weighted by Crippen LogP contribution is -2.41. The molecule has 1 atom stereocenters. The summed E-state index contributed by atoms with van der Waals surface area (Å²) in [5, 5.41) is 4.06. The predicted octanol–water partition coefficient (Wildman–Crippen LogP) is 5.45. The molecule has 1 aromatic heterocycles. The minimum atomic E-state index is -0.0916. The van der Waals surface area contributed by atoms with Crippen molar-refractivity contribution in [2.75, 3.05) is 18.5 Å². The summed E-state index contributed by atoms with van der Waals surface area (Å²) >= 11 is 1.69. The number of para-hydroxylation sites is 3. The summed E-state index contributed by atoms with van der Waals surface area (Å²) in [5.41, 5.74) is 1.71. The van der Waals surface area contributed by atoms with Gasteiger partial charge in [-0.3, -0.25) is 0 Å². The van der Waals surface area contributed by atoms with E-state index in [4.69, 9.17) is 9.72 Å². The summed E-state index contributed by atoms with van der Waals surface area (Å²) in [7, 11) is 0. The van der Waals surface area contributed by atoms with E-state index < -0.39 is 0 Å². The third-order valence-corrected chi connectivity index (χ3v) is 5.93. The number of amides is 2. The molecule has 5 nitrogen and oxygen atoms in total. The van der Waals surface area contributed by atoms with Gasteiger partial charge in [0, 0.05) is 6.54 Å². The fourth-order valence-corrected chi connectivity index (χ4v) is 4.62. The van der Waals surface area contributed by atoms with E-state index in [2.05, 4.69) is 11.4 Å². The number of benzene rings is 2. The van der Waals surface area contributed by atoms with E-state index in [1.54, 1.807) is 11.3 Å². The first-order valence-corrected chi connectivity index (χ1v) is 10.2. The van der Waals surface area contributed by atoms with Gasteiger partial charge in [0.05, 0.1) is 28.6 Å². The second-order valence-electron chi connectivity index (χ2n) is 6.58. The topological polar surface area (TPSA) is 54.5 Å². The van der Waals surface area contributed by atoms with Crippen LogP contribution in [0.4, 0.5) is 10.5 Å². The molecule has 1 unspecified atom stereocenters. The molecule has 0 bridgehead atoms. The molecule has 3 aromatic rings. The van der Waals surface area contributed by atoms with Gasteiger partial charge in [0.15, 0.2) is 0 Å². The summed E-state index contributed by atoms with van der Waals surface area (Å²) in [5.74, 6) is 0.696. The molecular weight excluding hydrogens is 358 g/mol. The van der Waals surface area contributed by atoms with Crippen molar-refractivity contribution in [3.8, 4) is 5.75 Å². The van der Waals surface area contributed by atoms with Crippen LogP contribution in [0.3, 0.4) is 0 Å². The molecule has 2 aromatic carbocycles. The zero-order valence-corrected chi connectivity index (χ0v) is 16.2. The first-order valence-electron chi connectivity index (χ1n) is 9.41. The highest BCUT2D eigenvalue weighted by Gasteiger charge is 2.30. The highest BCUT2D eigenvalue weighted by Crippen LogP contribution is 2.36. The maximum absolute atomic E-state index is 13.1. The minimum Gasteiger partial charge on any atom is -0.492 e. The first kappa shape index (κ1) is 17.8. The third-order valence-electron chi connectivity index (χ3n) is 4.79. The Hall–Kier alpha value is -2.60. The molecule has 1 N–H and O–H groups in total. The average Bonchev–Trinajstić information content (AvgIpc) is 3.14. The van der Waals surface area contributed by atoms with Crippen LogP contribution in [0.15, 0.2) is 48.5 Å². The van der Waals surface area contributed by atoms with Crippen LogP contribution < -0.4 is 10.1 Å². The lowest BCUT2D eigenvalue weighted by Gasteiger charge is -2.34. The molecule has 1 aliphatic heterocycles. The van der Waals surface area contributed by atoms with E-state index in [0.29, 0.717) is 18.0 Å². The van der Waals surface area contributed by atoms with Crippen LogP contribution >= 0.6 is 11.3 Å². The maximum atomic E-state index is 13.1. The van der Waals surface area contributed by atoms with E-state index >= 15 is 0 Å².